The Kier molecular flexibility index (Phi) is 13.3. The predicted octanol–water partition coefficient (Wildman–Crippen LogP) is 7.40. The van der Waals surface area contributed by atoms with Crippen molar-refractivity contribution in [3.8, 4) is 0 Å². The Bertz CT molecular complexity index is 1960. The second kappa shape index (κ2) is 17.9. The minimum absolute atomic E-state index is 0.136. The lowest BCUT2D eigenvalue weighted by atomic mass is 9.77. The number of nitrogens with zero attached hydrogens (tertiary/aromatic N) is 2. The quantitative estimate of drug-likeness (QED) is 0.120. The Hall–Kier alpha value is -5.33. The Labute approximate surface area is 321 Å². The number of ether oxygens (including phenoxy) is 5. The van der Waals surface area contributed by atoms with Crippen LogP contribution >= 0.6 is 0 Å². The third kappa shape index (κ3) is 8.81. The summed E-state index contributed by atoms with van der Waals surface area (Å²) in [6.07, 6.45) is 1.07. The van der Waals surface area contributed by atoms with Crippen molar-refractivity contribution in [2.24, 2.45) is 10.8 Å². The lowest BCUT2D eigenvalue weighted by molar-refractivity contribution is -0.136. The number of nitrogens with two attached hydrogens (primary N) is 1. The summed E-state index contributed by atoms with van der Waals surface area (Å²) in [6, 6.07) is 27.8. The van der Waals surface area contributed by atoms with Crippen LogP contribution in [0.4, 0.5) is 5.82 Å². The zero-order valence-electron chi connectivity index (χ0n) is 32.3. The van der Waals surface area contributed by atoms with E-state index in [1.165, 1.54) is 16.8 Å². The summed E-state index contributed by atoms with van der Waals surface area (Å²) in [6.45, 7) is 12.1. The topological polar surface area (TPSA) is 158 Å². The van der Waals surface area contributed by atoms with Crippen molar-refractivity contribution >= 4 is 23.7 Å². The van der Waals surface area contributed by atoms with E-state index in [0.717, 1.165) is 25.7 Å². The molecule has 2 N–H and O–H groups in total. The van der Waals surface area contributed by atoms with Crippen molar-refractivity contribution in [2.45, 2.75) is 104 Å². The molecular weight excluding hydrogens is 702 g/mol. The third-order valence-electron chi connectivity index (χ3n) is 11.0. The number of aromatic nitrogens is 2. The number of rotatable bonds is 11. The lowest BCUT2D eigenvalue weighted by Gasteiger charge is -2.33. The maximum atomic E-state index is 12.7. The maximum absolute atomic E-state index is 12.7. The maximum Gasteiger partial charge on any atom is 0.351 e. The molecule has 12 nitrogen and oxygen atoms in total. The van der Waals surface area contributed by atoms with E-state index in [4.69, 9.17) is 29.4 Å². The fourth-order valence-corrected chi connectivity index (χ4v) is 7.34. The van der Waals surface area contributed by atoms with E-state index in [1.807, 2.05) is 59.7 Å². The van der Waals surface area contributed by atoms with Crippen LogP contribution in [0.1, 0.15) is 105 Å². The van der Waals surface area contributed by atoms with Crippen molar-refractivity contribution in [2.75, 3.05) is 5.73 Å². The summed E-state index contributed by atoms with van der Waals surface area (Å²) in [5.74, 6) is -1.26. The monoisotopic (exact) mass is 753 g/mol. The average Bonchev–Trinajstić information content (AvgIpc) is 3.64. The molecule has 55 heavy (non-hydrogen) atoms. The zero-order valence-corrected chi connectivity index (χ0v) is 32.3. The Balaban J connectivity index is 0.000000211. The molecule has 2 saturated heterocycles. The van der Waals surface area contributed by atoms with E-state index in [2.05, 4.69) is 4.98 Å². The molecule has 12 heteroatoms. The number of nitrogen functional groups attached to an aromatic ring is 1. The van der Waals surface area contributed by atoms with Crippen LogP contribution in [0.3, 0.4) is 0 Å². The number of carbonyl (C=O) groups excluding carboxylic acids is 3. The van der Waals surface area contributed by atoms with Crippen molar-refractivity contribution < 1.29 is 38.1 Å². The number of benzene rings is 3. The van der Waals surface area contributed by atoms with Crippen LogP contribution in [0.15, 0.2) is 108 Å². The first-order valence-electron chi connectivity index (χ1n) is 18.8. The molecule has 8 atom stereocenters. The van der Waals surface area contributed by atoms with Crippen molar-refractivity contribution in [1.82, 2.24) is 9.55 Å². The molecule has 4 aromatic rings. The highest BCUT2D eigenvalue weighted by Gasteiger charge is 2.56. The number of hydrogen-bond donors (Lipinski definition) is 1. The minimum atomic E-state index is -0.949. The van der Waals surface area contributed by atoms with E-state index < -0.39 is 59.2 Å². The van der Waals surface area contributed by atoms with E-state index in [1.54, 1.807) is 72.8 Å². The fraction of sp³-hybridized carbons (Fsp3) is 0.419. The van der Waals surface area contributed by atoms with Gasteiger partial charge < -0.3 is 29.4 Å². The van der Waals surface area contributed by atoms with Gasteiger partial charge in [-0.25, -0.2) is 19.2 Å². The normalized spacial score (nSPS) is 27.0. The van der Waals surface area contributed by atoms with Gasteiger partial charge in [0.15, 0.2) is 18.4 Å². The van der Waals surface area contributed by atoms with E-state index >= 15 is 0 Å². The van der Waals surface area contributed by atoms with E-state index in [9.17, 15) is 19.2 Å². The summed E-state index contributed by atoms with van der Waals surface area (Å²) < 4.78 is 31.0. The van der Waals surface area contributed by atoms with Crippen molar-refractivity contribution in [1.29, 1.82) is 0 Å². The molecule has 3 aromatic carbocycles. The Morgan fingerprint density at radius 2 is 1.07 bits per heavy atom. The molecule has 0 amide bonds. The molecule has 0 aliphatic carbocycles. The largest absolute Gasteiger partial charge is 0.453 e. The van der Waals surface area contributed by atoms with Crippen LogP contribution in [-0.4, -0.2) is 58.2 Å². The van der Waals surface area contributed by atoms with Gasteiger partial charge in [0.25, 0.3) is 0 Å². The summed E-state index contributed by atoms with van der Waals surface area (Å²) in [7, 11) is 0. The standard InChI is InChI=1S/C23H26O5.C20H25N3O4/c1-4-18-23(3,5-2)19(27-20(24)16-12-8-6-9-13-16)22(26-18)28-21(25)17-14-10-7-11-15-17;1-4-14-20(3,5-2)16(27-18(24)13-9-7-6-8-10-13)17(26-14)23-12-11-15(21)22-19(23)25/h6-15,18-19,22H,4-5H2,1-3H3;6-12,14,16-17H,4-5H2,1-3H3,(H2,21,22,25). The van der Waals surface area contributed by atoms with Gasteiger partial charge in [0.1, 0.15) is 5.82 Å². The molecule has 292 valence electrons. The van der Waals surface area contributed by atoms with Crippen molar-refractivity contribution in [3.05, 3.63) is 130 Å². The molecular formula is C43H51N3O9. The third-order valence-corrected chi connectivity index (χ3v) is 11.0. The van der Waals surface area contributed by atoms with E-state index in [-0.39, 0.29) is 18.0 Å². The van der Waals surface area contributed by atoms with E-state index in [0.29, 0.717) is 16.7 Å². The smallest absolute Gasteiger partial charge is 0.351 e. The van der Waals surface area contributed by atoms with Crippen LogP contribution in [0, 0.1) is 10.8 Å². The van der Waals surface area contributed by atoms with Crippen LogP contribution in [-0.2, 0) is 23.7 Å². The molecule has 2 aliphatic rings. The Morgan fingerprint density at radius 3 is 1.51 bits per heavy atom. The van der Waals surface area contributed by atoms with Gasteiger partial charge >= 0.3 is 23.6 Å². The molecule has 3 heterocycles. The summed E-state index contributed by atoms with van der Waals surface area (Å²) in [4.78, 5) is 54.1. The van der Waals surface area contributed by atoms with Gasteiger partial charge in [0.2, 0.25) is 6.29 Å². The minimum Gasteiger partial charge on any atom is -0.453 e. The van der Waals surface area contributed by atoms with Gasteiger partial charge in [0.05, 0.1) is 28.9 Å². The molecule has 0 radical (unpaired) electrons. The first-order valence-corrected chi connectivity index (χ1v) is 18.8. The fourth-order valence-electron chi connectivity index (χ4n) is 7.34. The van der Waals surface area contributed by atoms with Gasteiger partial charge in [-0.2, -0.15) is 4.98 Å². The molecule has 0 bridgehead atoms. The summed E-state index contributed by atoms with van der Waals surface area (Å²) in [5.41, 5.74) is 5.51. The van der Waals surface area contributed by atoms with Crippen LogP contribution in [0.2, 0.25) is 0 Å². The summed E-state index contributed by atoms with van der Waals surface area (Å²) >= 11 is 0. The highest BCUT2D eigenvalue weighted by Crippen LogP contribution is 2.49. The van der Waals surface area contributed by atoms with Crippen molar-refractivity contribution in [3.63, 3.8) is 0 Å². The average molecular weight is 754 g/mol. The zero-order chi connectivity index (χ0) is 39.8. The first-order chi connectivity index (χ1) is 26.4. The van der Waals surface area contributed by atoms with Gasteiger partial charge in [-0.1, -0.05) is 96.1 Å². The highest BCUT2D eigenvalue weighted by molar-refractivity contribution is 5.90. The number of carbonyl (C=O) groups is 3. The number of hydrogen-bond acceptors (Lipinski definition) is 11. The second-order valence-electron chi connectivity index (χ2n) is 14.2. The predicted molar refractivity (Wildman–Crippen MR) is 206 cm³/mol. The Morgan fingerprint density at radius 1 is 0.655 bits per heavy atom. The molecule has 2 fully saturated rings. The summed E-state index contributed by atoms with van der Waals surface area (Å²) in [5, 5.41) is 0. The molecule has 0 spiro atoms. The first kappa shape index (κ1) is 40.8. The van der Waals surface area contributed by atoms with Crippen LogP contribution in [0.5, 0.6) is 0 Å². The van der Waals surface area contributed by atoms with Gasteiger partial charge in [0, 0.05) is 17.0 Å². The van der Waals surface area contributed by atoms with Gasteiger partial charge in [-0.05, 0) is 68.1 Å². The number of esters is 3. The second-order valence-corrected chi connectivity index (χ2v) is 14.2. The molecule has 2 aliphatic heterocycles. The molecule has 0 saturated carbocycles. The van der Waals surface area contributed by atoms with Gasteiger partial charge in [-0.15, -0.1) is 0 Å². The SMILES string of the molecule is CCC1OC(OC(=O)c2ccccc2)C(OC(=O)c2ccccc2)C1(C)CC.CCC1OC(n2ccc(N)nc2=O)C(OC(=O)c2ccccc2)C1(C)CC. The van der Waals surface area contributed by atoms with Gasteiger partial charge in [-0.3, -0.25) is 4.57 Å². The number of anilines is 1. The van der Waals surface area contributed by atoms with Crippen LogP contribution in [0.25, 0.3) is 0 Å². The molecule has 8 unspecified atom stereocenters. The molecule has 1 aromatic heterocycles. The molecule has 6 rings (SSSR count). The highest BCUT2D eigenvalue weighted by atomic mass is 16.7. The van der Waals surface area contributed by atoms with Crippen LogP contribution < -0.4 is 11.4 Å². The lowest BCUT2D eigenvalue weighted by Crippen LogP contribution is -2.42.